The van der Waals surface area contributed by atoms with Crippen molar-refractivity contribution in [1.82, 2.24) is 4.57 Å². The van der Waals surface area contributed by atoms with Crippen LogP contribution in [0.3, 0.4) is 0 Å². The Kier molecular flexibility index (Phi) is 4.90. The first-order chi connectivity index (χ1) is 12.3. The summed E-state index contributed by atoms with van der Waals surface area (Å²) in [7, 11) is 0. The van der Waals surface area contributed by atoms with Crippen molar-refractivity contribution in [3.63, 3.8) is 0 Å². The second kappa shape index (κ2) is 6.85. The molecule has 1 aromatic heterocycles. The largest absolute Gasteiger partial charge is 0.318 e. The third-order valence-electron chi connectivity index (χ3n) is 5.89. The highest BCUT2D eigenvalue weighted by Gasteiger charge is 2.40. The molecule has 137 valence electrons. The van der Waals surface area contributed by atoms with Crippen LogP contribution in [-0.2, 0) is 6.54 Å². The lowest BCUT2D eigenvalue weighted by atomic mass is 9.95. The Bertz CT molecular complexity index is 912. The molecule has 1 fully saturated rings. The van der Waals surface area contributed by atoms with E-state index in [1.54, 1.807) is 10.6 Å². The summed E-state index contributed by atoms with van der Waals surface area (Å²) < 4.78 is 16.4. The molecule has 0 N–H and O–H groups in total. The van der Waals surface area contributed by atoms with Gasteiger partial charge in [-0.1, -0.05) is 0 Å². The fourth-order valence-electron chi connectivity index (χ4n) is 4.13. The maximum Gasteiger partial charge on any atom is 0.252 e. The highest BCUT2D eigenvalue weighted by atomic mass is 19.1. The molecule has 0 spiro atoms. The number of piperidine rings is 1. The van der Waals surface area contributed by atoms with E-state index in [1.807, 2.05) is 0 Å². The molecule has 1 aliphatic rings. The molecule has 1 saturated heterocycles. The highest BCUT2D eigenvalue weighted by Crippen LogP contribution is 2.30. The Balaban J connectivity index is 2.04. The minimum absolute atomic E-state index is 0.0749. The number of likely N-dealkylation sites (tertiary alicyclic amines) is 1. The molecule has 3 rings (SSSR count). The number of hydrogen-bond acceptors (Lipinski definition) is 2. The van der Waals surface area contributed by atoms with Gasteiger partial charge in [0.1, 0.15) is 11.9 Å². The summed E-state index contributed by atoms with van der Waals surface area (Å²) in [5.74, 6) is -0.395. The van der Waals surface area contributed by atoms with Gasteiger partial charge in [0, 0.05) is 11.5 Å². The molecule has 0 aliphatic carbocycles. The first-order valence-corrected chi connectivity index (χ1v) is 9.18. The lowest BCUT2D eigenvalue weighted by molar-refractivity contribution is -0.973. The molecule has 4 nitrogen and oxygen atoms in total. The van der Waals surface area contributed by atoms with Gasteiger partial charge in [0.25, 0.3) is 5.56 Å². The summed E-state index contributed by atoms with van der Waals surface area (Å²) >= 11 is 0. The summed E-state index contributed by atoms with van der Waals surface area (Å²) in [6.45, 7) is 10.2. The van der Waals surface area contributed by atoms with E-state index < -0.39 is 5.82 Å². The van der Waals surface area contributed by atoms with Crippen LogP contribution in [0.4, 0.5) is 4.39 Å². The molecule has 1 aromatic carbocycles. The molecule has 1 aliphatic heterocycles. The molecule has 0 amide bonds. The number of benzene rings is 1. The number of nitriles is 1. The first-order valence-electron chi connectivity index (χ1n) is 9.18. The van der Waals surface area contributed by atoms with Crippen molar-refractivity contribution in [2.45, 2.75) is 45.7 Å². The van der Waals surface area contributed by atoms with Gasteiger partial charge in [0.2, 0.25) is 0 Å². The van der Waals surface area contributed by atoms with Gasteiger partial charge in [-0.2, -0.15) is 5.26 Å². The van der Waals surface area contributed by atoms with Crippen molar-refractivity contribution in [3.8, 4) is 6.07 Å². The summed E-state index contributed by atoms with van der Waals surface area (Å²) in [5.41, 5.74) is 0.638. The van der Waals surface area contributed by atoms with E-state index >= 15 is 0 Å². The van der Waals surface area contributed by atoms with E-state index in [9.17, 15) is 14.4 Å². The molecule has 0 bridgehead atoms. The van der Waals surface area contributed by atoms with Crippen molar-refractivity contribution >= 4 is 10.9 Å². The van der Waals surface area contributed by atoms with Crippen LogP contribution in [0.5, 0.6) is 0 Å². The van der Waals surface area contributed by atoms with Crippen molar-refractivity contribution in [2.75, 3.05) is 19.6 Å². The smallest absolute Gasteiger partial charge is 0.252 e. The van der Waals surface area contributed by atoms with Crippen molar-refractivity contribution < 1.29 is 8.87 Å². The predicted molar refractivity (Wildman–Crippen MR) is 101 cm³/mol. The van der Waals surface area contributed by atoms with E-state index in [2.05, 4.69) is 33.3 Å². The van der Waals surface area contributed by atoms with Crippen LogP contribution in [0.15, 0.2) is 29.1 Å². The molecule has 2 heterocycles. The summed E-state index contributed by atoms with van der Waals surface area (Å²) in [4.78, 5) is 12.6. The van der Waals surface area contributed by atoms with Gasteiger partial charge in [-0.05, 0) is 58.2 Å². The van der Waals surface area contributed by atoms with E-state index in [-0.39, 0.29) is 11.1 Å². The molecule has 1 radical (unpaired) electrons. The third-order valence-corrected chi connectivity index (χ3v) is 5.89. The third kappa shape index (κ3) is 3.26. The van der Waals surface area contributed by atoms with Crippen LogP contribution in [-0.4, -0.2) is 34.2 Å². The number of halogens is 1. The van der Waals surface area contributed by atoms with Crippen LogP contribution in [0.2, 0.25) is 0 Å². The summed E-state index contributed by atoms with van der Waals surface area (Å²) in [6.07, 6.45) is 4.49. The lowest BCUT2D eigenvalue weighted by Gasteiger charge is -2.51. The minimum atomic E-state index is -0.395. The Labute approximate surface area is 154 Å². The average Bonchev–Trinajstić information content (AvgIpc) is 2.60. The van der Waals surface area contributed by atoms with Gasteiger partial charge in [-0.3, -0.25) is 4.79 Å². The van der Waals surface area contributed by atoms with E-state index in [0.29, 0.717) is 23.0 Å². The maximum absolute atomic E-state index is 13.8. The second-order valence-electron chi connectivity index (χ2n) is 8.17. The van der Waals surface area contributed by atoms with Gasteiger partial charge < -0.3 is 9.05 Å². The molecular weight excluding hydrogens is 329 g/mol. The number of rotatable bonds is 3. The van der Waals surface area contributed by atoms with Crippen molar-refractivity contribution in [1.29, 1.82) is 5.26 Å². The van der Waals surface area contributed by atoms with Crippen molar-refractivity contribution in [2.24, 2.45) is 0 Å². The van der Waals surface area contributed by atoms with Gasteiger partial charge >= 0.3 is 0 Å². The molecule has 0 saturated carbocycles. The maximum atomic E-state index is 13.8. The zero-order valence-corrected chi connectivity index (χ0v) is 15.8. The number of hydrogen-bond donors (Lipinski definition) is 0. The van der Waals surface area contributed by atoms with E-state index in [4.69, 9.17) is 0 Å². The Morgan fingerprint density at radius 1 is 1.23 bits per heavy atom. The molecule has 5 heteroatoms. The fraction of sp³-hybridized carbons (Fsp3) is 0.476. The van der Waals surface area contributed by atoms with Crippen LogP contribution in [0, 0.1) is 23.6 Å². The van der Waals surface area contributed by atoms with E-state index in [0.717, 1.165) is 37.0 Å². The average molecular weight is 355 g/mol. The van der Waals surface area contributed by atoms with Gasteiger partial charge in [0.05, 0.1) is 42.8 Å². The summed E-state index contributed by atoms with van der Waals surface area (Å²) in [5, 5.41) is 9.93. The van der Waals surface area contributed by atoms with Crippen molar-refractivity contribution in [3.05, 3.63) is 52.4 Å². The quantitative estimate of drug-likeness (QED) is 0.790. The Morgan fingerprint density at radius 3 is 2.54 bits per heavy atom. The topological polar surface area (TPSA) is 45.8 Å². The Morgan fingerprint density at radius 2 is 1.92 bits per heavy atom. The second-order valence-corrected chi connectivity index (χ2v) is 8.17. The molecular formula is C21H26FN3O+. The van der Waals surface area contributed by atoms with E-state index in [1.165, 1.54) is 18.2 Å². The van der Waals surface area contributed by atoms with Crippen LogP contribution in [0.1, 0.15) is 39.2 Å². The lowest BCUT2D eigenvalue weighted by Crippen LogP contribution is -2.63. The van der Waals surface area contributed by atoms with Crippen LogP contribution < -0.4 is 5.56 Å². The molecule has 2 aromatic rings. The number of aromatic nitrogens is 1. The highest BCUT2D eigenvalue weighted by molar-refractivity contribution is 5.84. The van der Waals surface area contributed by atoms with Gasteiger partial charge in [-0.15, -0.1) is 0 Å². The van der Waals surface area contributed by atoms with Crippen LogP contribution in [0.25, 0.3) is 10.9 Å². The molecule has 0 atom stereocenters. The predicted octanol–water partition coefficient (Wildman–Crippen LogP) is 3.63. The monoisotopic (exact) mass is 355 g/mol. The zero-order valence-electron chi connectivity index (χ0n) is 15.8. The number of nitrogens with zero attached hydrogens (tertiary/aromatic N) is 3. The van der Waals surface area contributed by atoms with Crippen LogP contribution >= 0.6 is 0 Å². The molecule has 26 heavy (non-hydrogen) atoms. The first kappa shape index (κ1) is 18.6. The minimum Gasteiger partial charge on any atom is -0.318 e. The Hall–Kier alpha value is -2.19. The van der Waals surface area contributed by atoms with Gasteiger partial charge in [0.15, 0.2) is 0 Å². The SMILES string of the molecule is CC(C)(C)[N+]1(CCn2c(=O)cc(C#N)c3ccc(F)cc32)CC[CH]CC1. The zero-order chi connectivity index (χ0) is 18.9. The normalized spacial score (nSPS) is 17.2. The van der Waals surface area contributed by atoms with Gasteiger partial charge in [-0.25, -0.2) is 4.39 Å². The fourth-order valence-corrected chi connectivity index (χ4v) is 4.13. The number of fused-ring (bicyclic) bond motifs is 1. The standard InChI is InChI=1S/C21H26FN3O/c1-21(2,3)25(10-5-4-6-11-25)12-9-24-19-14-17(22)7-8-18(19)16(15-23)13-20(24)26/h4,7-8,13-14H,5-6,9-12H2,1-3H3/q+1. The summed E-state index contributed by atoms with van der Waals surface area (Å²) in [6, 6.07) is 7.70. The number of quaternary nitrogens is 1. The number of pyridine rings is 1. The molecule has 0 unspecified atom stereocenters.